The number of aryl methyl sites for hydroxylation is 2. The van der Waals surface area contributed by atoms with Gasteiger partial charge in [-0.1, -0.05) is 0 Å². The molecule has 1 aliphatic rings. The molecule has 1 saturated heterocycles. The molecule has 1 amide bonds. The second-order valence-corrected chi connectivity index (χ2v) is 5.82. The van der Waals surface area contributed by atoms with Crippen LogP contribution in [-0.2, 0) is 18.4 Å². The first-order chi connectivity index (χ1) is 10.0. The van der Waals surface area contributed by atoms with Crippen LogP contribution in [0.3, 0.4) is 0 Å². The van der Waals surface area contributed by atoms with Crippen molar-refractivity contribution in [3.8, 4) is 0 Å². The van der Waals surface area contributed by atoms with Crippen molar-refractivity contribution in [3.05, 3.63) is 17.0 Å². The van der Waals surface area contributed by atoms with Crippen molar-refractivity contribution in [1.82, 2.24) is 19.6 Å². The number of hydrogen-bond acceptors (Lipinski definition) is 4. The molecule has 1 fully saturated rings. The van der Waals surface area contributed by atoms with Crippen molar-refractivity contribution in [2.45, 2.75) is 33.2 Å². The van der Waals surface area contributed by atoms with Crippen LogP contribution in [0.1, 0.15) is 29.8 Å². The highest BCUT2D eigenvalue weighted by Gasteiger charge is 2.22. The summed E-state index contributed by atoms with van der Waals surface area (Å²) in [6.07, 6.45) is 1.37. The molecule has 2 heterocycles. The van der Waals surface area contributed by atoms with Crippen molar-refractivity contribution in [2.75, 3.05) is 32.7 Å². The highest BCUT2D eigenvalue weighted by molar-refractivity contribution is 5.76. The maximum atomic E-state index is 12.0. The number of rotatable bonds is 5. The Hall–Kier alpha value is -1.40. The molecule has 0 unspecified atom stereocenters. The lowest BCUT2D eigenvalue weighted by atomic mass is 10.1. The third-order valence-electron chi connectivity index (χ3n) is 4.36. The molecular weight excluding hydrogens is 266 g/mol. The molecule has 0 radical (unpaired) electrons. The minimum atomic E-state index is 0.244. The van der Waals surface area contributed by atoms with Gasteiger partial charge in [0.1, 0.15) is 0 Å². The van der Waals surface area contributed by atoms with Crippen LogP contribution in [0.5, 0.6) is 0 Å². The smallest absolute Gasteiger partial charge is 0.222 e. The molecule has 118 valence electrons. The number of nitrogens with two attached hydrogens (primary N) is 1. The van der Waals surface area contributed by atoms with Crippen molar-refractivity contribution in [3.63, 3.8) is 0 Å². The van der Waals surface area contributed by atoms with Crippen LogP contribution < -0.4 is 5.73 Å². The summed E-state index contributed by atoms with van der Waals surface area (Å²) in [6.45, 7) is 9.20. The van der Waals surface area contributed by atoms with E-state index in [9.17, 15) is 4.79 Å². The van der Waals surface area contributed by atoms with Gasteiger partial charge in [-0.05, 0) is 26.8 Å². The summed E-state index contributed by atoms with van der Waals surface area (Å²) >= 11 is 0. The summed E-state index contributed by atoms with van der Waals surface area (Å²) in [6, 6.07) is 0. The van der Waals surface area contributed by atoms with Gasteiger partial charge in [0.25, 0.3) is 0 Å². The predicted octanol–water partition coefficient (Wildman–Crippen LogP) is 0.420. The Bertz CT molecular complexity index is 488. The van der Waals surface area contributed by atoms with E-state index in [1.165, 1.54) is 11.3 Å². The van der Waals surface area contributed by atoms with E-state index in [4.69, 9.17) is 5.73 Å². The Morgan fingerprint density at radius 2 is 1.90 bits per heavy atom. The van der Waals surface area contributed by atoms with Crippen molar-refractivity contribution >= 4 is 5.91 Å². The van der Waals surface area contributed by atoms with Gasteiger partial charge >= 0.3 is 0 Å². The van der Waals surface area contributed by atoms with E-state index in [0.29, 0.717) is 13.0 Å². The van der Waals surface area contributed by atoms with Gasteiger partial charge in [0.15, 0.2) is 0 Å². The molecule has 0 atom stereocenters. The summed E-state index contributed by atoms with van der Waals surface area (Å²) in [7, 11) is 1.99. The second kappa shape index (κ2) is 7.04. The van der Waals surface area contributed by atoms with Crippen molar-refractivity contribution in [1.29, 1.82) is 0 Å². The van der Waals surface area contributed by atoms with Crippen LogP contribution in [0.15, 0.2) is 0 Å². The van der Waals surface area contributed by atoms with Crippen LogP contribution in [0.2, 0.25) is 0 Å². The van der Waals surface area contributed by atoms with Gasteiger partial charge in [-0.25, -0.2) is 0 Å². The normalized spacial score (nSPS) is 16.5. The van der Waals surface area contributed by atoms with Gasteiger partial charge in [-0.3, -0.25) is 14.4 Å². The summed E-state index contributed by atoms with van der Waals surface area (Å²) in [5.41, 5.74) is 9.12. The lowest BCUT2D eigenvalue weighted by Gasteiger charge is -2.34. The van der Waals surface area contributed by atoms with Crippen LogP contribution in [0, 0.1) is 13.8 Å². The molecule has 0 spiro atoms. The largest absolute Gasteiger partial charge is 0.340 e. The Labute approximate surface area is 126 Å². The number of aromatic nitrogens is 2. The average Bonchev–Trinajstić information content (AvgIpc) is 2.72. The molecule has 1 aromatic rings. The Balaban J connectivity index is 1.85. The molecular formula is C15H27N5O. The molecule has 21 heavy (non-hydrogen) atoms. The third kappa shape index (κ3) is 3.83. The molecule has 1 aliphatic heterocycles. The number of carbonyl (C=O) groups is 1. The van der Waals surface area contributed by atoms with Crippen molar-refractivity contribution < 1.29 is 4.79 Å². The standard InChI is InChI=1S/C15H27N5O/c1-12-14(13(2)18(3)17-12)11-19-7-9-20(10-8-19)15(21)5-4-6-16/h4-11,16H2,1-3H3. The zero-order valence-corrected chi connectivity index (χ0v) is 13.4. The summed E-state index contributed by atoms with van der Waals surface area (Å²) in [4.78, 5) is 16.3. The molecule has 6 heteroatoms. The maximum absolute atomic E-state index is 12.0. The zero-order valence-electron chi connectivity index (χ0n) is 13.4. The Kier molecular flexibility index (Phi) is 5.36. The number of hydrogen-bond donors (Lipinski definition) is 1. The molecule has 0 aromatic carbocycles. The minimum absolute atomic E-state index is 0.244. The van der Waals surface area contributed by atoms with E-state index in [1.807, 2.05) is 16.6 Å². The highest BCUT2D eigenvalue weighted by atomic mass is 16.2. The average molecular weight is 293 g/mol. The van der Waals surface area contributed by atoms with Gasteiger partial charge in [0, 0.05) is 57.4 Å². The Morgan fingerprint density at radius 3 is 2.43 bits per heavy atom. The second-order valence-electron chi connectivity index (χ2n) is 5.82. The SMILES string of the molecule is Cc1nn(C)c(C)c1CN1CCN(C(=O)CCCN)CC1. The topological polar surface area (TPSA) is 67.4 Å². The fourth-order valence-corrected chi connectivity index (χ4v) is 2.84. The summed E-state index contributed by atoms with van der Waals surface area (Å²) < 4.78 is 1.94. The first-order valence-corrected chi connectivity index (χ1v) is 7.72. The molecule has 6 nitrogen and oxygen atoms in total. The summed E-state index contributed by atoms with van der Waals surface area (Å²) in [5.74, 6) is 0.244. The zero-order chi connectivity index (χ0) is 15.4. The van der Waals surface area contributed by atoms with E-state index < -0.39 is 0 Å². The quantitative estimate of drug-likeness (QED) is 0.854. The molecule has 2 N–H and O–H groups in total. The minimum Gasteiger partial charge on any atom is -0.340 e. The van der Waals surface area contributed by atoms with E-state index in [1.54, 1.807) is 0 Å². The fourth-order valence-electron chi connectivity index (χ4n) is 2.84. The number of amides is 1. The predicted molar refractivity (Wildman–Crippen MR) is 82.8 cm³/mol. The lowest BCUT2D eigenvalue weighted by Crippen LogP contribution is -2.48. The van der Waals surface area contributed by atoms with Gasteiger partial charge < -0.3 is 10.6 Å². The molecule has 0 saturated carbocycles. The highest BCUT2D eigenvalue weighted by Crippen LogP contribution is 2.16. The van der Waals surface area contributed by atoms with E-state index in [2.05, 4.69) is 23.8 Å². The van der Waals surface area contributed by atoms with Gasteiger partial charge in [-0.2, -0.15) is 5.10 Å². The number of carbonyl (C=O) groups excluding carboxylic acids is 1. The molecule has 1 aromatic heterocycles. The van der Waals surface area contributed by atoms with E-state index in [-0.39, 0.29) is 5.91 Å². The first-order valence-electron chi connectivity index (χ1n) is 7.72. The van der Waals surface area contributed by atoms with Crippen LogP contribution in [-0.4, -0.2) is 58.2 Å². The van der Waals surface area contributed by atoms with Crippen molar-refractivity contribution in [2.24, 2.45) is 12.8 Å². The fraction of sp³-hybridized carbons (Fsp3) is 0.733. The van der Waals surface area contributed by atoms with E-state index >= 15 is 0 Å². The number of piperazine rings is 1. The maximum Gasteiger partial charge on any atom is 0.222 e. The van der Waals surface area contributed by atoms with Crippen LogP contribution >= 0.6 is 0 Å². The molecule has 2 rings (SSSR count). The molecule has 0 aliphatic carbocycles. The first kappa shape index (κ1) is 16.0. The van der Waals surface area contributed by atoms with Crippen LogP contribution in [0.25, 0.3) is 0 Å². The third-order valence-corrected chi connectivity index (χ3v) is 4.36. The van der Waals surface area contributed by atoms with Gasteiger partial charge in [0.2, 0.25) is 5.91 Å². The monoisotopic (exact) mass is 293 g/mol. The summed E-state index contributed by atoms with van der Waals surface area (Å²) in [5, 5.41) is 4.47. The van der Waals surface area contributed by atoms with Crippen LogP contribution in [0.4, 0.5) is 0 Å². The number of nitrogens with zero attached hydrogens (tertiary/aromatic N) is 4. The van der Waals surface area contributed by atoms with E-state index in [0.717, 1.165) is 44.8 Å². The van der Waals surface area contributed by atoms with Gasteiger partial charge in [0.05, 0.1) is 5.69 Å². The van der Waals surface area contributed by atoms with Gasteiger partial charge in [-0.15, -0.1) is 0 Å². The molecule has 0 bridgehead atoms. The Morgan fingerprint density at radius 1 is 1.24 bits per heavy atom. The lowest BCUT2D eigenvalue weighted by molar-refractivity contribution is -0.133.